The maximum atomic E-state index is 12.9. The second-order valence-corrected chi connectivity index (χ2v) is 34.6. The van der Waals surface area contributed by atoms with Crippen LogP contribution in [0, 0.1) is 19.8 Å². The van der Waals surface area contributed by atoms with Crippen molar-refractivity contribution in [3.05, 3.63) is 223 Å². The number of hydrogen-bond donors (Lipinski definition) is 9. The minimum atomic E-state index is -2.95. The fraction of sp³-hybridized carbons (Fsp3) is 0.446. The quantitative estimate of drug-likeness (QED) is 0.00568. The van der Waals surface area contributed by atoms with Gasteiger partial charge in [-0.05, 0) is 75.5 Å². The van der Waals surface area contributed by atoms with E-state index in [0.29, 0.717) is 84.8 Å². The zero-order chi connectivity index (χ0) is 104. The van der Waals surface area contributed by atoms with E-state index >= 15 is 0 Å². The summed E-state index contributed by atoms with van der Waals surface area (Å²) >= 11 is 25.7. The van der Waals surface area contributed by atoms with Crippen molar-refractivity contribution in [2.24, 2.45) is 95.1 Å². The van der Waals surface area contributed by atoms with Crippen LogP contribution < -0.4 is 192 Å². The van der Waals surface area contributed by atoms with Crippen molar-refractivity contribution in [1.29, 1.82) is 0 Å². The van der Waals surface area contributed by atoms with Crippen LogP contribution in [-0.2, 0) is 161 Å². The van der Waals surface area contributed by atoms with E-state index < -0.39 is 69.3 Å². The number of alkyl halides is 2. The summed E-state index contributed by atoms with van der Waals surface area (Å²) in [4.78, 5) is 199. The molecule has 0 spiro atoms. The Kier molecular flexibility index (Phi) is 65.6. The van der Waals surface area contributed by atoms with Gasteiger partial charge in [-0.15, -0.1) is 33.8 Å². The van der Waals surface area contributed by atoms with Crippen molar-refractivity contribution in [1.82, 2.24) is 64.8 Å². The normalized spacial score (nSPS) is 12.2. The molecule has 736 valence electrons. The van der Waals surface area contributed by atoms with Crippen molar-refractivity contribution in [3.63, 3.8) is 0 Å². The molecule has 0 radical (unpaired) electrons. The molecule has 137 heavy (non-hydrogen) atoms. The zero-order valence-electron chi connectivity index (χ0n) is 79.3. The Balaban J connectivity index is -0.00000150. The molecule has 2 aliphatic heterocycles. The van der Waals surface area contributed by atoms with Gasteiger partial charge < -0.3 is 108 Å². The molecule has 0 amide bonds. The Bertz CT molecular complexity index is 6670. The molecule has 9 aromatic rings. The summed E-state index contributed by atoms with van der Waals surface area (Å²) in [7, 11) is 11.5. The molecule has 2 aliphatic rings. The van der Waals surface area contributed by atoms with Crippen LogP contribution in [0.25, 0.3) is 11.2 Å². The summed E-state index contributed by atoms with van der Waals surface area (Å²) < 4.78 is 69.7. The van der Waals surface area contributed by atoms with Crippen LogP contribution in [0.2, 0.25) is 0 Å². The van der Waals surface area contributed by atoms with E-state index in [-0.39, 0.29) is 175 Å². The summed E-state index contributed by atoms with van der Waals surface area (Å²) in [6, 6.07) is 21.3. The number of thioether (sulfide) groups is 2. The number of rotatable bonds is 18. The Morgan fingerprint density at radius 2 is 0.927 bits per heavy atom. The number of nitrogens with zero attached hydrogens (tertiary/aromatic N) is 15. The number of fused-ring (bicyclic) bond motifs is 3. The Labute approximate surface area is 918 Å². The number of thiocarbonyl (C=S) groups is 1. The SMILES string of the molecule is BrCc1ccccc1.CCOC(=O)C(Br)CC.CCOC(=O)C(CC)SC1Nc2c(c(=O)n(C)c(=O)n2C)N1Cc1ccccc1.CCOC(=O)C(CC)SC1Nc2c(n(C)c(=O)n(C)c2=O)N1.CCOC(=S)[S-].Cn1c(=O)c2[nH]c(=S)[nH]c2n(C)c1=O.Cn1c(N)c(N)c(=O)n(C)c1=O.Cn1c(N)c(N=O)c(=O)n(C)c1=O.Cn1c(N)cc(=O)n(C)c1=O.O=N[O-].O=S(=O)=S(=O)=O.[K+].[Na+].[Na][Na]. The van der Waals surface area contributed by atoms with Crippen molar-refractivity contribution in [3.8, 4) is 0 Å². The number of ether oxygens (including phenoxy) is 4. The average Bonchev–Trinajstić information content (AvgIpc) is 1.59. The molecular formula is C74H104Br2KN24Na3O26S7. The molecule has 0 bridgehead atoms. The number of halogens is 2. The molecule has 7 aromatic heterocycles. The number of esters is 3. The van der Waals surface area contributed by atoms with Crippen LogP contribution in [-0.4, -0.2) is 200 Å². The molecule has 0 saturated carbocycles. The summed E-state index contributed by atoms with van der Waals surface area (Å²) in [5, 5.41) is 21.0. The molecule has 50 nitrogen and oxygen atoms in total. The van der Waals surface area contributed by atoms with Gasteiger partial charge in [-0.25, -0.2) is 28.8 Å². The molecule has 2 aromatic carbocycles. The van der Waals surface area contributed by atoms with Gasteiger partial charge in [0.15, 0.2) is 10.3 Å². The van der Waals surface area contributed by atoms with Crippen molar-refractivity contribution >= 4 is 240 Å². The predicted octanol–water partition coefficient (Wildman–Crippen LogP) is -4.93. The number of carbonyl (C=O) groups excluding carboxylic acids is 3. The number of nitroso groups, excluding NO2 is 1. The minimum absolute atomic E-state index is 0. The first-order valence-corrected chi connectivity index (χ1v) is 55.4. The number of imidazole rings is 1. The van der Waals surface area contributed by atoms with Crippen molar-refractivity contribution < 1.29 is 131 Å². The Hall–Kier alpha value is -7.93. The van der Waals surface area contributed by atoms with Crippen LogP contribution >= 0.6 is 79.8 Å². The number of aryl methyl sites for hydroxylation is 1. The Morgan fingerprint density at radius 3 is 1.35 bits per heavy atom. The van der Waals surface area contributed by atoms with Crippen LogP contribution in [0.1, 0.15) is 78.9 Å². The average molecular weight is 2240 g/mol. The van der Waals surface area contributed by atoms with Gasteiger partial charge in [-0.2, -0.15) is 16.8 Å². The number of H-pyrrole nitrogens is 2. The fourth-order valence-electron chi connectivity index (χ4n) is 10.5. The third kappa shape index (κ3) is 39.8. The van der Waals surface area contributed by atoms with E-state index in [1.807, 2.05) is 81.1 Å². The summed E-state index contributed by atoms with van der Waals surface area (Å²) in [6.07, 6.45) is 1.98. The number of aromatic nitrogens is 14. The molecular weight excluding hydrogens is 2130 g/mol. The summed E-state index contributed by atoms with van der Waals surface area (Å²) in [5.74, 6) is 0.134. The van der Waals surface area contributed by atoms with E-state index in [1.165, 1.54) is 160 Å². The van der Waals surface area contributed by atoms with Gasteiger partial charge in [-0.3, -0.25) is 98.0 Å². The number of nitrogen functional groups attached to an aromatic ring is 4. The number of carbonyl (C=O) groups is 3. The predicted molar refractivity (Wildman–Crippen MR) is 538 cm³/mol. The van der Waals surface area contributed by atoms with Crippen LogP contribution in [0.3, 0.4) is 0 Å². The topological polar surface area (TPSA) is 677 Å². The van der Waals surface area contributed by atoms with Gasteiger partial charge >= 0.3 is 195 Å². The van der Waals surface area contributed by atoms with Crippen LogP contribution in [0.5, 0.6) is 0 Å². The number of benzene rings is 2. The molecule has 5 atom stereocenters. The zero-order valence-corrected chi connectivity index (χ0v) is 97.4. The molecule has 0 saturated heterocycles. The van der Waals surface area contributed by atoms with Gasteiger partial charge in [0.05, 0.1) is 26.4 Å². The second kappa shape index (κ2) is 67.5. The molecule has 63 heteroatoms. The molecule has 5 unspecified atom stereocenters. The van der Waals surface area contributed by atoms with Gasteiger partial charge in [0.1, 0.15) is 78.1 Å². The molecule has 0 fully saturated rings. The maximum absolute atomic E-state index is 12.9. The number of anilines is 8. The third-order valence-electron chi connectivity index (χ3n) is 17.8. The first kappa shape index (κ1) is 133. The first-order valence-electron chi connectivity index (χ1n) is 39.6. The number of hydrogen-bond acceptors (Lipinski definition) is 41. The number of aromatic amines is 2. The fourth-order valence-corrected chi connectivity index (χ4v) is 13.7. The third-order valence-corrected chi connectivity index (χ3v) is 23.6. The van der Waals surface area contributed by atoms with E-state index in [9.17, 15) is 76.8 Å². The van der Waals surface area contributed by atoms with E-state index in [2.05, 4.69) is 105 Å². The molecule has 13 N–H and O–H groups in total. The van der Waals surface area contributed by atoms with Crippen molar-refractivity contribution in [2.75, 3.05) is 70.2 Å². The van der Waals surface area contributed by atoms with Crippen LogP contribution in [0.4, 0.5) is 51.8 Å². The molecule has 11 rings (SSSR count). The summed E-state index contributed by atoms with van der Waals surface area (Å²) in [5.41, 5.74) is 18.4. The van der Waals surface area contributed by atoms with Crippen LogP contribution in [0.15, 0.2) is 135 Å². The van der Waals surface area contributed by atoms with E-state index in [0.717, 1.165) is 59.2 Å². The summed E-state index contributed by atoms with van der Waals surface area (Å²) in [6.45, 7) is 15.1. The number of nitrogens with one attached hydrogen (secondary N) is 5. The Morgan fingerprint density at radius 1 is 0.526 bits per heavy atom. The van der Waals surface area contributed by atoms with Gasteiger partial charge in [0, 0.05) is 107 Å². The van der Waals surface area contributed by atoms with Gasteiger partial charge in [-0.1, -0.05) is 113 Å². The molecule has 0 aliphatic carbocycles. The van der Waals surface area contributed by atoms with Gasteiger partial charge in [0.25, 0.3) is 33.4 Å². The standard InChI is InChI=1S/C20H26N4O4S.C13H20N4O4S.C7H7Br.C7H8N4O2S.C6H11BrO2.C6H8N4O3.C6H10N4O2.C6H9N3O2.C3H6OS2.K.HNO2.3Na.O4S2/c1-5-14(18(26)28-6-2)29-19-21-16-15(17(25)23(4)20(27)22(16)3)24(19)12-13-10-8-7-9-11-13;1-5-7(11(19)21-6-2)22-12-14-8-9(15-12)16(3)13(20)17(4)10(8)18;8-6-7-4-2-1-3-5-7;1-10-4-3(8-6(14)9-4)5(12)11(2)7(10)13;1-3-5(7)6(8)9-4-2;1-9-4(7)3(8-13)5(11)10(2)6(9)12;1-9-4(8)3(7)5(11)10(2)6(9)12;1-8-4(7)3-5(10)9(2)6(8)11;1-2-4-3(5)6;;2-1-3;;;;1-5(2)6(3)4/h7-11,14,19,21H,5-6,12H2,1-4H3;7,12,14-15H,5-6H2,1-4H3;1-5H,6H2;1-2H3,(H2,8,9,14);5H,3-4H2,1-2H3;7H2,1-2H3;7-8H2,1-2H3;3H,7H2,1-2H3;2H2,1H3,(H,5,6);;(H,2,3);;;;/q;;;;;;;;;+1;;;;+1;/p-2. The van der Waals surface area contributed by atoms with E-state index in [4.69, 9.17) is 76.3 Å². The number of nitrogens with two attached hydrogens (primary N) is 4. The van der Waals surface area contributed by atoms with E-state index in [1.54, 1.807) is 41.9 Å². The monoisotopic (exact) mass is 2230 g/mol. The second-order valence-electron chi connectivity index (χ2n) is 26.4. The molecule has 9 heterocycles. The van der Waals surface area contributed by atoms with Gasteiger partial charge in [0.2, 0.25) is 5.69 Å². The van der Waals surface area contributed by atoms with Crippen molar-refractivity contribution in [2.45, 2.75) is 106 Å². The first-order chi connectivity index (χ1) is 63.3.